The molecular weight excluding hydrogens is 623 g/mol. The molecule has 1 aromatic heterocycles. The van der Waals surface area contributed by atoms with Gasteiger partial charge in [-0.15, -0.1) is 0 Å². The quantitative estimate of drug-likeness (QED) is 0.150. The van der Waals surface area contributed by atoms with Gasteiger partial charge in [-0.1, -0.05) is 67.1 Å². The molecule has 0 saturated heterocycles. The van der Waals surface area contributed by atoms with Crippen LogP contribution in [0.5, 0.6) is 17.2 Å². The number of benzene rings is 3. The van der Waals surface area contributed by atoms with Crippen LogP contribution in [0.2, 0.25) is 0 Å². The third-order valence-electron chi connectivity index (χ3n) is 8.59. The predicted octanol–water partition coefficient (Wildman–Crippen LogP) is 6.51. The van der Waals surface area contributed by atoms with Crippen molar-refractivity contribution in [3.63, 3.8) is 0 Å². The molecule has 3 N–H and O–H groups in total. The fourth-order valence-electron chi connectivity index (χ4n) is 5.70. The van der Waals surface area contributed by atoms with Gasteiger partial charge in [0.1, 0.15) is 24.0 Å². The van der Waals surface area contributed by atoms with Gasteiger partial charge in [-0.3, -0.25) is 4.79 Å². The van der Waals surface area contributed by atoms with Gasteiger partial charge >= 0.3 is 6.18 Å². The standard InChI is InChI=1S/C37H40F3N3O5/c1-23-10-12-26(13-11-23)33-34-28(36(3,22-48-34)21-42-24(2)25-8-6-5-7-9-25)19-30(43-33)29(37(38,39)40)20-41-35(45)27-14-15-31(47-17-16-44)32(18-27)46-4/h5-15,18-19,24,29,42,44H,16-17,20-22H2,1-4H3,(H,41,45)/t24-,29?,36-/m0/s1. The number of pyridine rings is 1. The molecule has 11 heteroatoms. The van der Waals surface area contributed by atoms with E-state index in [1.807, 2.05) is 75.4 Å². The van der Waals surface area contributed by atoms with Crippen molar-refractivity contribution in [2.45, 2.75) is 44.3 Å². The van der Waals surface area contributed by atoms with Crippen molar-refractivity contribution in [3.8, 4) is 28.5 Å². The van der Waals surface area contributed by atoms with Crippen molar-refractivity contribution in [1.82, 2.24) is 15.6 Å². The van der Waals surface area contributed by atoms with Crippen LogP contribution in [-0.2, 0) is 5.41 Å². The van der Waals surface area contributed by atoms with Crippen molar-refractivity contribution in [3.05, 3.63) is 107 Å². The Hall–Kier alpha value is -4.61. The van der Waals surface area contributed by atoms with Crippen molar-refractivity contribution in [2.24, 2.45) is 0 Å². The molecule has 5 rings (SSSR count). The molecule has 1 aliphatic rings. The number of rotatable bonds is 13. The maximum absolute atomic E-state index is 14.8. The first kappa shape index (κ1) is 34.7. The van der Waals surface area contributed by atoms with Crippen LogP contribution in [0.4, 0.5) is 13.2 Å². The van der Waals surface area contributed by atoms with Crippen LogP contribution in [0, 0.1) is 6.92 Å². The SMILES string of the molecule is COc1cc(C(=O)NCC(c2cc3c(c(-c4ccc(C)cc4)n2)OC[C@]3(C)CN[C@@H](C)c2ccccc2)C(F)(F)F)ccc1OCCO. The number of nitrogens with one attached hydrogen (secondary N) is 2. The Kier molecular flexibility index (Phi) is 10.6. The fourth-order valence-corrected chi connectivity index (χ4v) is 5.70. The Morgan fingerprint density at radius 1 is 1.06 bits per heavy atom. The fraction of sp³-hybridized carbons (Fsp3) is 0.351. The zero-order valence-electron chi connectivity index (χ0n) is 27.4. The summed E-state index contributed by atoms with van der Waals surface area (Å²) in [6, 6.07) is 23.1. The van der Waals surface area contributed by atoms with Crippen molar-refractivity contribution >= 4 is 5.91 Å². The van der Waals surface area contributed by atoms with E-state index in [0.29, 0.717) is 34.9 Å². The number of halogens is 3. The van der Waals surface area contributed by atoms with Crippen molar-refractivity contribution in [2.75, 3.05) is 40.0 Å². The van der Waals surface area contributed by atoms with E-state index in [0.717, 1.165) is 11.1 Å². The number of ether oxygens (including phenoxy) is 3. The Balaban J connectivity index is 1.47. The van der Waals surface area contributed by atoms with Gasteiger partial charge in [-0.2, -0.15) is 13.2 Å². The summed E-state index contributed by atoms with van der Waals surface area (Å²) in [5.41, 5.74) is 2.89. The van der Waals surface area contributed by atoms with Crippen LogP contribution in [0.15, 0.2) is 78.9 Å². The highest BCUT2D eigenvalue weighted by atomic mass is 19.4. The number of fused-ring (bicyclic) bond motifs is 1. The largest absolute Gasteiger partial charge is 0.493 e. The van der Waals surface area contributed by atoms with E-state index in [1.165, 1.54) is 31.4 Å². The van der Waals surface area contributed by atoms with Crippen LogP contribution < -0.4 is 24.8 Å². The minimum atomic E-state index is -4.73. The van der Waals surface area contributed by atoms with Crippen molar-refractivity contribution < 1.29 is 37.3 Å². The molecule has 4 aromatic rings. The van der Waals surface area contributed by atoms with Crippen molar-refractivity contribution in [1.29, 1.82) is 0 Å². The van der Waals surface area contributed by atoms with Gasteiger partial charge in [0, 0.05) is 41.2 Å². The number of carbonyl (C=O) groups is 1. The Bertz CT molecular complexity index is 1720. The highest BCUT2D eigenvalue weighted by Gasteiger charge is 2.45. The Morgan fingerprint density at radius 3 is 2.46 bits per heavy atom. The molecule has 2 heterocycles. The molecule has 1 aliphatic heterocycles. The van der Waals surface area contributed by atoms with Crippen LogP contribution in [0.3, 0.4) is 0 Å². The topological polar surface area (TPSA) is 102 Å². The molecule has 0 fully saturated rings. The number of nitrogens with zero attached hydrogens (tertiary/aromatic N) is 1. The lowest BCUT2D eigenvalue weighted by Gasteiger charge is -2.27. The first-order valence-corrected chi connectivity index (χ1v) is 15.7. The van der Waals surface area contributed by atoms with Gasteiger partial charge < -0.3 is 30.0 Å². The number of aryl methyl sites for hydroxylation is 1. The number of carbonyl (C=O) groups excluding carboxylic acids is 1. The van der Waals surface area contributed by atoms with Crippen LogP contribution in [0.1, 0.15) is 58.5 Å². The minimum Gasteiger partial charge on any atom is -0.493 e. The van der Waals surface area contributed by atoms with E-state index in [9.17, 15) is 18.0 Å². The number of methoxy groups -OCH3 is 1. The summed E-state index contributed by atoms with van der Waals surface area (Å²) in [4.78, 5) is 17.7. The summed E-state index contributed by atoms with van der Waals surface area (Å²) in [7, 11) is 1.38. The molecule has 8 nitrogen and oxygen atoms in total. The van der Waals surface area contributed by atoms with Crippen LogP contribution in [-0.4, -0.2) is 62.2 Å². The predicted molar refractivity (Wildman–Crippen MR) is 177 cm³/mol. The minimum absolute atomic E-state index is 0.00276. The average Bonchev–Trinajstić information content (AvgIpc) is 3.42. The first-order valence-electron chi connectivity index (χ1n) is 15.7. The number of amides is 1. The second kappa shape index (κ2) is 14.7. The molecule has 3 aromatic carbocycles. The second-order valence-corrected chi connectivity index (χ2v) is 12.2. The number of aliphatic hydroxyl groups excluding tert-OH is 1. The smallest absolute Gasteiger partial charge is 0.398 e. The van der Waals surface area contributed by atoms with Gasteiger partial charge in [-0.25, -0.2) is 4.98 Å². The summed E-state index contributed by atoms with van der Waals surface area (Å²) in [5.74, 6) is -1.87. The highest BCUT2D eigenvalue weighted by molar-refractivity contribution is 5.95. The van der Waals surface area contributed by atoms with E-state index >= 15 is 0 Å². The maximum atomic E-state index is 14.8. The maximum Gasteiger partial charge on any atom is 0.398 e. The van der Waals surface area contributed by atoms with E-state index in [4.69, 9.17) is 19.3 Å². The zero-order valence-corrected chi connectivity index (χ0v) is 27.4. The summed E-state index contributed by atoms with van der Waals surface area (Å²) >= 11 is 0. The number of aromatic nitrogens is 1. The molecule has 0 bridgehead atoms. The van der Waals surface area contributed by atoms with E-state index in [-0.39, 0.29) is 42.9 Å². The second-order valence-electron chi connectivity index (χ2n) is 12.2. The molecule has 0 spiro atoms. The molecule has 0 radical (unpaired) electrons. The third-order valence-corrected chi connectivity index (χ3v) is 8.59. The van der Waals surface area contributed by atoms with Gasteiger partial charge in [0.15, 0.2) is 11.5 Å². The van der Waals surface area contributed by atoms with Gasteiger partial charge in [0.2, 0.25) is 0 Å². The van der Waals surface area contributed by atoms with Crippen LogP contribution in [0.25, 0.3) is 11.3 Å². The first-order chi connectivity index (χ1) is 22.9. The number of alkyl halides is 3. The van der Waals surface area contributed by atoms with Gasteiger partial charge in [0.05, 0.1) is 26.0 Å². The van der Waals surface area contributed by atoms with Crippen LogP contribution >= 0.6 is 0 Å². The normalized spacial score (nSPS) is 16.8. The molecular formula is C37H40F3N3O5. The van der Waals surface area contributed by atoms with Gasteiger partial charge in [-0.05, 0) is 43.7 Å². The number of hydrogen-bond donors (Lipinski definition) is 3. The number of aliphatic hydroxyl groups is 1. The summed E-state index contributed by atoms with van der Waals surface area (Å²) in [6.45, 7) is 5.69. The Labute approximate surface area is 278 Å². The lowest BCUT2D eigenvalue weighted by molar-refractivity contribution is -0.149. The highest BCUT2D eigenvalue weighted by Crippen LogP contribution is 2.46. The number of hydrogen-bond acceptors (Lipinski definition) is 7. The lowest BCUT2D eigenvalue weighted by atomic mass is 9.82. The van der Waals surface area contributed by atoms with E-state index in [1.54, 1.807) is 0 Å². The van der Waals surface area contributed by atoms with E-state index < -0.39 is 30.0 Å². The third kappa shape index (κ3) is 7.74. The molecule has 1 amide bonds. The zero-order chi connectivity index (χ0) is 34.5. The molecule has 48 heavy (non-hydrogen) atoms. The summed E-state index contributed by atoms with van der Waals surface area (Å²) in [5, 5.41) is 15.0. The molecule has 254 valence electrons. The summed E-state index contributed by atoms with van der Waals surface area (Å²) in [6.07, 6.45) is -4.73. The molecule has 0 aliphatic carbocycles. The van der Waals surface area contributed by atoms with E-state index in [2.05, 4.69) is 15.6 Å². The van der Waals surface area contributed by atoms with Gasteiger partial charge in [0.25, 0.3) is 5.91 Å². The molecule has 1 unspecified atom stereocenters. The summed E-state index contributed by atoms with van der Waals surface area (Å²) < 4.78 is 61.4. The molecule has 3 atom stereocenters. The lowest BCUT2D eigenvalue weighted by Crippen LogP contribution is -2.38. The monoisotopic (exact) mass is 663 g/mol. The Morgan fingerprint density at radius 2 is 1.79 bits per heavy atom. The molecule has 0 saturated carbocycles. The average molecular weight is 664 g/mol.